The maximum Gasteiger partial charge on any atom is 0.226 e. The van der Waals surface area contributed by atoms with Crippen molar-refractivity contribution >= 4 is 22.8 Å². The second-order valence-corrected chi connectivity index (χ2v) is 4.11. The molecule has 0 atom stereocenters. The molecule has 102 valence electrons. The molecule has 3 N–H and O–H groups in total. The normalized spacial score (nSPS) is 10.7. The van der Waals surface area contributed by atoms with Crippen molar-refractivity contribution in [2.75, 3.05) is 17.2 Å². The lowest BCUT2D eigenvalue weighted by Crippen LogP contribution is -2.07. The molecule has 3 rings (SSSR count). The Hall–Kier alpha value is -2.77. The Morgan fingerprint density at radius 2 is 2.20 bits per heavy atom. The number of nitrogens with one attached hydrogen (secondary N) is 3. The summed E-state index contributed by atoms with van der Waals surface area (Å²) in [6, 6.07) is 1.85. The van der Waals surface area contributed by atoms with Crippen molar-refractivity contribution in [2.45, 2.75) is 13.5 Å². The quantitative estimate of drug-likeness (QED) is 0.639. The molecular formula is C12H14N8. The minimum atomic E-state index is 0.561. The number of H-pyrrole nitrogens is 1. The largest absolute Gasteiger partial charge is 0.364 e. The monoisotopic (exact) mass is 270 g/mol. The summed E-state index contributed by atoms with van der Waals surface area (Å²) in [5.74, 6) is 1.28. The van der Waals surface area contributed by atoms with Crippen LogP contribution in [0.1, 0.15) is 12.6 Å². The summed E-state index contributed by atoms with van der Waals surface area (Å²) in [6.07, 6.45) is 4.93. The second kappa shape index (κ2) is 5.47. The Balaban J connectivity index is 1.87. The van der Waals surface area contributed by atoms with Crippen LogP contribution in [0.5, 0.6) is 0 Å². The van der Waals surface area contributed by atoms with E-state index in [-0.39, 0.29) is 0 Å². The smallest absolute Gasteiger partial charge is 0.226 e. The van der Waals surface area contributed by atoms with Gasteiger partial charge >= 0.3 is 0 Å². The van der Waals surface area contributed by atoms with Gasteiger partial charge in [-0.15, -0.1) is 0 Å². The highest BCUT2D eigenvalue weighted by molar-refractivity contribution is 5.86. The topological polar surface area (TPSA) is 104 Å². The van der Waals surface area contributed by atoms with Crippen LogP contribution < -0.4 is 10.6 Å². The number of fused-ring (bicyclic) bond motifs is 1. The predicted octanol–water partition coefficient (Wildman–Crippen LogP) is 1.19. The highest BCUT2D eigenvalue weighted by Crippen LogP contribution is 2.20. The lowest BCUT2D eigenvalue weighted by molar-refractivity contribution is 0.993. The molecule has 0 unspecified atom stereocenters. The summed E-state index contributed by atoms with van der Waals surface area (Å²) >= 11 is 0. The van der Waals surface area contributed by atoms with Crippen molar-refractivity contribution in [3.05, 3.63) is 30.5 Å². The summed E-state index contributed by atoms with van der Waals surface area (Å²) in [6.45, 7) is 3.31. The summed E-state index contributed by atoms with van der Waals surface area (Å²) in [4.78, 5) is 16.8. The van der Waals surface area contributed by atoms with Crippen LogP contribution in [0.2, 0.25) is 0 Å². The molecule has 0 aromatic carbocycles. The second-order valence-electron chi connectivity index (χ2n) is 4.11. The summed E-state index contributed by atoms with van der Waals surface area (Å²) in [7, 11) is 0. The fourth-order valence-electron chi connectivity index (χ4n) is 1.80. The maximum absolute atomic E-state index is 4.44. The zero-order chi connectivity index (χ0) is 13.8. The van der Waals surface area contributed by atoms with Crippen molar-refractivity contribution in [3.63, 3.8) is 0 Å². The molecule has 0 saturated heterocycles. The number of anilines is 2. The van der Waals surface area contributed by atoms with Gasteiger partial charge in [0.2, 0.25) is 5.95 Å². The Morgan fingerprint density at radius 1 is 1.25 bits per heavy atom. The Kier molecular flexibility index (Phi) is 3.36. The first-order chi connectivity index (χ1) is 9.86. The molecule has 3 aromatic heterocycles. The minimum absolute atomic E-state index is 0.561. The van der Waals surface area contributed by atoms with Crippen LogP contribution in [-0.4, -0.2) is 36.7 Å². The number of nitrogens with zero attached hydrogens (tertiary/aromatic N) is 5. The van der Waals surface area contributed by atoms with Crippen molar-refractivity contribution in [1.82, 2.24) is 30.1 Å². The first kappa shape index (κ1) is 12.3. The van der Waals surface area contributed by atoms with E-state index in [0.29, 0.717) is 18.1 Å². The van der Waals surface area contributed by atoms with E-state index in [1.54, 1.807) is 12.4 Å². The van der Waals surface area contributed by atoms with Crippen molar-refractivity contribution in [1.29, 1.82) is 0 Å². The molecule has 0 bridgehead atoms. The minimum Gasteiger partial charge on any atom is -0.364 e. The van der Waals surface area contributed by atoms with E-state index >= 15 is 0 Å². The third-order valence-electron chi connectivity index (χ3n) is 2.72. The molecule has 20 heavy (non-hydrogen) atoms. The van der Waals surface area contributed by atoms with Gasteiger partial charge in [0.15, 0.2) is 5.65 Å². The van der Waals surface area contributed by atoms with E-state index in [2.05, 4.69) is 40.8 Å². The van der Waals surface area contributed by atoms with Crippen LogP contribution in [0.15, 0.2) is 24.8 Å². The summed E-state index contributed by atoms with van der Waals surface area (Å²) in [5, 5.41) is 14.0. The van der Waals surface area contributed by atoms with Crippen LogP contribution in [0.4, 0.5) is 11.8 Å². The van der Waals surface area contributed by atoms with Crippen molar-refractivity contribution in [2.24, 2.45) is 0 Å². The lowest BCUT2D eigenvalue weighted by Gasteiger charge is -2.08. The Morgan fingerprint density at radius 3 is 3.00 bits per heavy atom. The van der Waals surface area contributed by atoms with Crippen molar-refractivity contribution in [3.8, 4) is 0 Å². The molecule has 0 aliphatic carbocycles. The molecule has 0 aliphatic heterocycles. The Labute approximate surface area is 115 Å². The zero-order valence-corrected chi connectivity index (χ0v) is 11.0. The molecular weight excluding hydrogens is 256 g/mol. The van der Waals surface area contributed by atoms with Crippen LogP contribution in [0.3, 0.4) is 0 Å². The third-order valence-corrected chi connectivity index (χ3v) is 2.72. The highest BCUT2D eigenvalue weighted by atomic mass is 15.2. The van der Waals surface area contributed by atoms with E-state index in [0.717, 1.165) is 23.4 Å². The molecule has 8 heteroatoms. The van der Waals surface area contributed by atoms with Gasteiger partial charge in [-0.25, -0.2) is 9.97 Å². The molecule has 3 heterocycles. The fraction of sp³-hybridized carbons (Fsp3) is 0.250. The third kappa shape index (κ3) is 2.48. The zero-order valence-electron chi connectivity index (χ0n) is 11.0. The average molecular weight is 270 g/mol. The number of aromatic amines is 1. The Bertz CT molecular complexity index is 693. The molecule has 3 aromatic rings. The van der Waals surface area contributed by atoms with Gasteiger partial charge in [0.25, 0.3) is 0 Å². The number of aromatic nitrogens is 6. The van der Waals surface area contributed by atoms with E-state index in [9.17, 15) is 0 Å². The van der Waals surface area contributed by atoms with E-state index in [1.165, 1.54) is 6.33 Å². The molecule has 0 spiro atoms. The molecule has 0 aliphatic rings. The molecule has 0 saturated carbocycles. The average Bonchev–Trinajstić information content (AvgIpc) is 2.95. The molecule has 8 nitrogen and oxygen atoms in total. The van der Waals surface area contributed by atoms with Gasteiger partial charge in [0, 0.05) is 12.7 Å². The standard InChI is InChI=1S/C12H14N8/c1-2-14-12-18-10(9-6-17-20-11(9)19-12)15-5-8-3-4-13-7-16-8/h3-4,6-7H,2,5H2,1H3,(H3,14,15,17,18,19,20). The lowest BCUT2D eigenvalue weighted by atomic mass is 10.3. The number of rotatable bonds is 5. The van der Waals surface area contributed by atoms with E-state index in [4.69, 9.17) is 0 Å². The predicted molar refractivity (Wildman–Crippen MR) is 75.2 cm³/mol. The molecule has 0 fully saturated rings. The van der Waals surface area contributed by atoms with Crippen LogP contribution in [-0.2, 0) is 6.54 Å². The van der Waals surface area contributed by atoms with E-state index in [1.807, 2.05) is 13.0 Å². The van der Waals surface area contributed by atoms with Crippen LogP contribution >= 0.6 is 0 Å². The molecule has 0 amide bonds. The van der Waals surface area contributed by atoms with Gasteiger partial charge in [-0.3, -0.25) is 5.10 Å². The highest BCUT2D eigenvalue weighted by Gasteiger charge is 2.09. The van der Waals surface area contributed by atoms with Gasteiger partial charge in [-0.2, -0.15) is 15.1 Å². The first-order valence-electron chi connectivity index (χ1n) is 6.30. The first-order valence-corrected chi connectivity index (χ1v) is 6.30. The fourth-order valence-corrected chi connectivity index (χ4v) is 1.80. The summed E-state index contributed by atoms with van der Waals surface area (Å²) < 4.78 is 0. The van der Waals surface area contributed by atoms with Gasteiger partial charge in [0.1, 0.15) is 12.1 Å². The number of hydrogen-bond donors (Lipinski definition) is 3. The van der Waals surface area contributed by atoms with Gasteiger partial charge in [0.05, 0.1) is 23.8 Å². The van der Waals surface area contributed by atoms with Crippen LogP contribution in [0, 0.1) is 0 Å². The van der Waals surface area contributed by atoms with Gasteiger partial charge in [-0.1, -0.05) is 0 Å². The summed E-state index contributed by atoms with van der Waals surface area (Å²) in [5.41, 5.74) is 1.58. The SMILES string of the molecule is CCNc1nc(NCc2ccncn2)c2cn[nH]c2n1. The van der Waals surface area contributed by atoms with Crippen molar-refractivity contribution < 1.29 is 0 Å². The molecule has 0 radical (unpaired) electrons. The van der Waals surface area contributed by atoms with E-state index < -0.39 is 0 Å². The maximum atomic E-state index is 4.44. The van der Waals surface area contributed by atoms with Gasteiger partial charge in [-0.05, 0) is 13.0 Å². The van der Waals surface area contributed by atoms with Crippen LogP contribution in [0.25, 0.3) is 11.0 Å². The number of hydrogen-bond acceptors (Lipinski definition) is 7. The van der Waals surface area contributed by atoms with Gasteiger partial charge < -0.3 is 10.6 Å².